The molecule has 3 aromatic rings. The van der Waals surface area contributed by atoms with Crippen molar-refractivity contribution in [3.8, 4) is 11.5 Å². The molecule has 0 radical (unpaired) electrons. The number of benzene rings is 3. The second kappa shape index (κ2) is 10.4. The summed E-state index contributed by atoms with van der Waals surface area (Å²) in [5, 5.41) is 27.8. The number of nitrogens with one attached hydrogen (secondary N) is 1. The fourth-order valence-electron chi connectivity index (χ4n) is 8.98. The van der Waals surface area contributed by atoms with E-state index in [-0.39, 0.29) is 42.8 Å². The number of carbonyl (C=O) groups is 3. The predicted molar refractivity (Wildman–Crippen MR) is 167 cm³/mol. The van der Waals surface area contributed by atoms with E-state index in [1.807, 2.05) is 6.07 Å². The monoisotopic (exact) mass is 649 g/mol. The van der Waals surface area contributed by atoms with Crippen molar-refractivity contribution in [3.63, 3.8) is 0 Å². The Morgan fingerprint density at radius 3 is 2.47 bits per heavy atom. The van der Waals surface area contributed by atoms with Crippen LogP contribution in [0.5, 0.6) is 11.5 Å². The third-order valence-electron chi connectivity index (χ3n) is 11.0. The van der Waals surface area contributed by atoms with Crippen LogP contribution < -0.4 is 14.8 Å². The zero-order valence-electron chi connectivity index (χ0n) is 24.5. The molecule has 1 unspecified atom stereocenters. The normalized spacial score (nSPS) is 29.3. The van der Waals surface area contributed by atoms with Gasteiger partial charge in [-0.05, 0) is 109 Å². The molecule has 45 heavy (non-hydrogen) atoms. The van der Waals surface area contributed by atoms with Gasteiger partial charge < -0.3 is 25.0 Å². The average molecular weight is 651 g/mol. The molecule has 0 aromatic heterocycles. The predicted octanol–water partition coefficient (Wildman–Crippen LogP) is 5.35. The van der Waals surface area contributed by atoms with Gasteiger partial charge in [-0.15, -0.1) is 0 Å². The van der Waals surface area contributed by atoms with Crippen molar-refractivity contribution < 1.29 is 34.1 Å². The Bertz CT molecular complexity index is 1800. The first-order valence-corrected chi connectivity index (χ1v) is 16.5. The molecule has 1 spiro atoms. The molecule has 0 saturated heterocycles. The molecule has 234 valence electrons. The molecule has 8 nitrogen and oxygen atoms in total. The summed E-state index contributed by atoms with van der Waals surface area (Å²) >= 11 is 12.7. The SMILES string of the molecule is O=C(O)Cc1cc(Cl)cc2cc(Cl)cc(CC(=O)Oc3ccc4c5c3O[C@H]3C(=O)CC[C@@]6(O)[C@@H](C4)C(NCC4CC4)CC[C@]536)c12. The van der Waals surface area contributed by atoms with Crippen molar-refractivity contribution in [2.45, 2.75) is 80.9 Å². The van der Waals surface area contributed by atoms with Crippen LogP contribution in [0.1, 0.15) is 60.8 Å². The van der Waals surface area contributed by atoms with Crippen LogP contribution >= 0.6 is 23.2 Å². The number of rotatable bonds is 8. The lowest BCUT2D eigenvalue weighted by Crippen LogP contribution is -2.73. The topological polar surface area (TPSA) is 122 Å². The van der Waals surface area contributed by atoms with Crippen LogP contribution in [-0.4, -0.2) is 52.2 Å². The van der Waals surface area contributed by atoms with Crippen LogP contribution in [0.3, 0.4) is 0 Å². The van der Waals surface area contributed by atoms with E-state index in [4.69, 9.17) is 32.7 Å². The maximum atomic E-state index is 13.5. The number of carboxylic acids is 1. The Morgan fingerprint density at radius 2 is 1.76 bits per heavy atom. The quantitative estimate of drug-likeness (QED) is 0.221. The number of ether oxygens (including phenoxy) is 2. The van der Waals surface area contributed by atoms with Crippen molar-refractivity contribution in [3.05, 3.63) is 68.7 Å². The molecular weight excluding hydrogens is 617 g/mol. The van der Waals surface area contributed by atoms with Crippen LogP contribution in [0.15, 0.2) is 36.4 Å². The summed E-state index contributed by atoms with van der Waals surface area (Å²) in [5.74, 6) is -0.384. The summed E-state index contributed by atoms with van der Waals surface area (Å²) in [6.45, 7) is 0.961. The van der Waals surface area contributed by atoms with Crippen molar-refractivity contribution in [2.75, 3.05) is 6.54 Å². The van der Waals surface area contributed by atoms with Crippen LogP contribution in [-0.2, 0) is 39.1 Å². The second-order valence-electron chi connectivity index (χ2n) is 13.5. The first kappa shape index (κ1) is 29.2. The molecule has 0 amide bonds. The lowest BCUT2D eigenvalue weighted by atomic mass is 9.44. The second-order valence-corrected chi connectivity index (χ2v) is 14.4. The maximum Gasteiger partial charge on any atom is 0.315 e. The lowest BCUT2D eigenvalue weighted by Gasteiger charge is -2.61. The number of hydrogen-bond donors (Lipinski definition) is 3. The Hall–Kier alpha value is -3.17. The van der Waals surface area contributed by atoms with Gasteiger partial charge in [0.25, 0.3) is 0 Å². The highest BCUT2D eigenvalue weighted by atomic mass is 35.5. The smallest absolute Gasteiger partial charge is 0.315 e. The number of esters is 1. The molecule has 2 bridgehead atoms. The zero-order chi connectivity index (χ0) is 31.2. The zero-order valence-corrected chi connectivity index (χ0v) is 26.0. The first-order valence-electron chi connectivity index (χ1n) is 15.7. The fourth-order valence-corrected chi connectivity index (χ4v) is 9.48. The van der Waals surface area contributed by atoms with E-state index in [1.54, 1.807) is 30.3 Å². The number of aliphatic hydroxyl groups is 1. The summed E-state index contributed by atoms with van der Waals surface area (Å²) in [6.07, 6.45) is 3.97. The van der Waals surface area contributed by atoms with E-state index in [0.717, 1.165) is 30.0 Å². The van der Waals surface area contributed by atoms with Gasteiger partial charge in [-0.3, -0.25) is 14.4 Å². The van der Waals surface area contributed by atoms with Gasteiger partial charge in [0, 0.05) is 34.0 Å². The number of carboxylic acid groups (broad SMARTS) is 1. The highest BCUT2D eigenvalue weighted by Crippen LogP contribution is 2.67. The Balaban J connectivity index is 1.14. The average Bonchev–Trinajstić information content (AvgIpc) is 3.72. The molecule has 1 aliphatic heterocycles. The van der Waals surface area contributed by atoms with Gasteiger partial charge in [-0.2, -0.15) is 0 Å². The number of fused-ring (bicyclic) bond motifs is 1. The highest BCUT2D eigenvalue weighted by Gasteiger charge is 2.73. The number of hydrogen-bond acceptors (Lipinski definition) is 7. The number of ketones is 1. The van der Waals surface area contributed by atoms with Crippen LogP contribution in [0.4, 0.5) is 0 Å². The summed E-state index contributed by atoms with van der Waals surface area (Å²) in [6, 6.07) is 10.4. The summed E-state index contributed by atoms with van der Waals surface area (Å²) in [4.78, 5) is 38.6. The Kier molecular flexibility index (Phi) is 6.77. The molecule has 5 atom stereocenters. The lowest BCUT2D eigenvalue weighted by molar-refractivity contribution is -0.182. The van der Waals surface area contributed by atoms with Crippen LogP contribution in [0.25, 0.3) is 10.8 Å². The van der Waals surface area contributed by atoms with E-state index in [0.29, 0.717) is 57.0 Å². The van der Waals surface area contributed by atoms with E-state index < -0.39 is 29.1 Å². The van der Waals surface area contributed by atoms with Gasteiger partial charge in [-0.25, -0.2) is 0 Å². The van der Waals surface area contributed by atoms with E-state index >= 15 is 0 Å². The van der Waals surface area contributed by atoms with Gasteiger partial charge in [0.05, 0.1) is 23.9 Å². The molecule has 3 aromatic carbocycles. The highest BCUT2D eigenvalue weighted by molar-refractivity contribution is 6.33. The van der Waals surface area contributed by atoms with Crippen molar-refractivity contribution in [1.29, 1.82) is 0 Å². The third kappa shape index (κ3) is 4.51. The van der Waals surface area contributed by atoms with Gasteiger partial charge in [-0.1, -0.05) is 29.3 Å². The van der Waals surface area contributed by atoms with Gasteiger partial charge in [0.15, 0.2) is 23.4 Å². The number of aliphatic carboxylic acids is 1. The third-order valence-corrected chi connectivity index (χ3v) is 11.4. The Labute approximate surface area is 270 Å². The van der Waals surface area contributed by atoms with Gasteiger partial charge in [0.2, 0.25) is 0 Å². The Morgan fingerprint density at radius 1 is 1.02 bits per heavy atom. The molecule has 3 N–H and O–H groups in total. The van der Waals surface area contributed by atoms with Gasteiger partial charge in [0.1, 0.15) is 0 Å². The van der Waals surface area contributed by atoms with Crippen molar-refractivity contribution >= 4 is 51.7 Å². The summed E-state index contributed by atoms with van der Waals surface area (Å²) < 4.78 is 12.4. The minimum atomic E-state index is -1.10. The molecule has 1 heterocycles. The number of carbonyl (C=O) groups excluding carboxylic acids is 2. The molecule has 8 rings (SSSR count). The minimum Gasteiger partial charge on any atom is -0.481 e. The fraction of sp³-hybridized carbons (Fsp3) is 0.457. The standard InChI is InChI=1S/C35H33Cl2NO7/c36-22-9-19-10-23(37)12-21(30(19)20(11-22)14-28(40)41)15-29(42)44-27-4-3-18-13-24-25(38-16-17-1-2-17)5-7-34-31(18)32(27)45-33(34)26(39)6-8-35(24,34)43/h3-4,9-12,17,24-25,33,38,43H,1-2,5-8,13-16H2,(H,40,41)/t24-,25?,33-,34-,35+/m0/s1. The first-order chi connectivity index (χ1) is 21.6. The molecule has 3 saturated carbocycles. The molecule has 10 heteroatoms. The summed E-state index contributed by atoms with van der Waals surface area (Å²) in [5.41, 5.74) is 0.861. The van der Waals surface area contributed by atoms with E-state index in [1.165, 1.54) is 12.8 Å². The van der Waals surface area contributed by atoms with E-state index in [2.05, 4.69) is 5.32 Å². The number of Topliss-reactive ketones (excluding diaryl/α,β-unsaturated/α-hetero) is 1. The van der Waals surface area contributed by atoms with Crippen molar-refractivity contribution in [1.82, 2.24) is 5.32 Å². The number of halogens is 2. The largest absolute Gasteiger partial charge is 0.481 e. The molecular formula is C35H33Cl2NO7. The molecule has 4 aliphatic carbocycles. The molecule has 3 fully saturated rings. The van der Waals surface area contributed by atoms with Gasteiger partial charge >= 0.3 is 11.9 Å². The van der Waals surface area contributed by atoms with E-state index in [9.17, 15) is 24.6 Å². The molecule has 5 aliphatic rings. The van der Waals surface area contributed by atoms with Crippen molar-refractivity contribution in [2.24, 2.45) is 11.8 Å². The minimum absolute atomic E-state index is 0.0286. The van der Waals surface area contributed by atoms with Crippen LogP contribution in [0, 0.1) is 11.8 Å². The van der Waals surface area contributed by atoms with Crippen LogP contribution in [0.2, 0.25) is 10.0 Å². The summed E-state index contributed by atoms with van der Waals surface area (Å²) in [7, 11) is 0. The maximum absolute atomic E-state index is 13.5.